The molecule has 6 heterocycles. The van der Waals surface area contributed by atoms with Gasteiger partial charge in [-0.05, 0) is 56.7 Å². The summed E-state index contributed by atoms with van der Waals surface area (Å²) >= 11 is 6.74. The van der Waals surface area contributed by atoms with Crippen molar-refractivity contribution in [3.8, 4) is 6.01 Å². The van der Waals surface area contributed by atoms with Gasteiger partial charge in [-0.1, -0.05) is 41.0 Å². The number of aromatic nitrogens is 4. The van der Waals surface area contributed by atoms with Gasteiger partial charge in [-0.3, -0.25) is 9.69 Å². The number of hydrogen-bond donors (Lipinski definition) is 0. The van der Waals surface area contributed by atoms with Gasteiger partial charge in [-0.2, -0.15) is 15.0 Å². The maximum Gasteiger partial charge on any atom is 0.318 e. The van der Waals surface area contributed by atoms with Crippen LogP contribution in [0.2, 0.25) is 5.02 Å². The van der Waals surface area contributed by atoms with Crippen LogP contribution in [0.1, 0.15) is 48.7 Å². The standard InChI is InChI=1S/C36H40ClFN8O3/c1-23-39-31(49-42-23)10-11-32(47)45-16-12-26(20-45)43(2)34-27-13-17-44(30-9-4-7-24-6-3-8-28(37)33(24)30)21-29(27)40-35(41-34)48-22-36-14-5-15-46(36)19-25(38)18-36/h3-4,6-11,25-26H,5,12-22H2,1-2H3/b11-10+/t25-,26-,36+/m1/s1. The highest BCUT2D eigenvalue weighted by molar-refractivity contribution is 6.36. The van der Waals surface area contributed by atoms with Gasteiger partial charge in [0.25, 0.3) is 5.89 Å². The number of rotatable bonds is 8. The van der Waals surface area contributed by atoms with Crippen LogP contribution in [0.3, 0.4) is 0 Å². The van der Waals surface area contributed by atoms with Crippen molar-refractivity contribution in [2.45, 2.75) is 63.3 Å². The van der Waals surface area contributed by atoms with Crippen molar-refractivity contribution in [3.05, 3.63) is 70.5 Å². The SMILES string of the molecule is Cc1noc(/C=C/C(=O)N2CC[C@@H](N(C)c3nc(OC[C@@]45CCCN4C[C@H](F)C5)nc4c3CCN(c3cccc5cccc(Cl)c35)C4)C2)n1. The number of likely N-dealkylation sites (tertiary alicyclic amines) is 1. The number of likely N-dealkylation sites (N-methyl/N-ethyl adjacent to an activating group) is 1. The van der Waals surface area contributed by atoms with Gasteiger partial charge in [0.1, 0.15) is 18.6 Å². The minimum Gasteiger partial charge on any atom is -0.461 e. The molecule has 4 aliphatic heterocycles. The fraction of sp³-hybridized carbons (Fsp3) is 0.472. The summed E-state index contributed by atoms with van der Waals surface area (Å²) in [6.45, 7) is 5.96. The van der Waals surface area contributed by atoms with Gasteiger partial charge >= 0.3 is 6.01 Å². The third-order valence-electron chi connectivity index (χ3n) is 10.7. The minimum absolute atomic E-state index is 0.0517. The first-order valence-electron chi connectivity index (χ1n) is 17.1. The Morgan fingerprint density at radius 1 is 1.16 bits per heavy atom. The lowest BCUT2D eigenvalue weighted by molar-refractivity contribution is -0.124. The summed E-state index contributed by atoms with van der Waals surface area (Å²) in [6, 6.07) is 12.6. The molecule has 0 unspecified atom stereocenters. The maximum absolute atomic E-state index is 14.6. The van der Waals surface area contributed by atoms with E-state index in [4.69, 9.17) is 30.8 Å². The number of ether oxygens (including phenoxy) is 1. The highest BCUT2D eigenvalue weighted by atomic mass is 35.5. The number of carbonyl (C=O) groups is 1. The summed E-state index contributed by atoms with van der Waals surface area (Å²) in [7, 11) is 2.04. The second-order valence-electron chi connectivity index (χ2n) is 13.8. The number of benzene rings is 2. The number of alkyl halides is 1. The topological polar surface area (TPSA) is 104 Å². The van der Waals surface area contributed by atoms with Crippen molar-refractivity contribution in [2.75, 3.05) is 56.2 Å². The lowest BCUT2D eigenvalue weighted by Crippen LogP contribution is -2.44. The Morgan fingerprint density at radius 2 is 2.02 bits per heavy atom. The Morgan fingerprint density at radius 3 is 2.86 bits per heavy atom. The second kappa shape index (κ2) is 12.9. The van der Waals surface area contributed by atoms with Gasteiger partial charge in [-0.25, -0.2) is 4.39 Å². The van der Waals surface area contributed by atoms with Crippen LogP contribution in [0.25, 0.3) is 16.8 Å². The van der Waals surface area contributed by atoms with E-state index in [0.29, 0.717) is 56.9 Å². The molecule has 8 rings (SSSR count). The third kappa shape index (κ3) is 6.09. The molecule has 0 saturated carbocycles. The van der Waals surface area contributed by atoms with Crippen LogP contribution in [0.15, 0.2) is 47.0 Å². The maximum atomic E-state index is 14.6. The summed E-state index contributed by atoms with van der Waals surface area (Å²) in [5.41, 5.74) is 2.75. The highest BCUT2D eigenvalue weighted by Gasteiger charge is 2.49. The van der Waals surface area contributed by atoms with Gasteiger partial charge in [0, 0.05) is 74.5 Å². The molecular weight excluding hydrogens is 647 g/mol. The summed E-state index contributed by atoms with van der Waals surface area (Å²) < 4.78 is 26.1. The number of hydrogen-bond acceptors (Lipinski definition) is 10. The van der Waals surface area contributed by atoms with E-state index in [-0.39, 0.29) is 17.5 Å². The van der Waals surface area contributed by atoms with Crippen molar-refractivity contribution in [1.82, 2.24) is 29.9 Å². The Labute approximate surface area is 289 Å². The second-order valence-corrected chi connectivity index (χ2v) is 14.2. The van der Waals surface area contributed by atoms with Crippen LogP contribution in [-0.4, -0.2) is 99.9 Å². The van der Waals surface area contributed by atoms with Crippen LogP contribution in [0.4, 0.5) is 15.9 Å². The molecule has 3 saturated heterocycles. The first-order valence-corrected chi connectivity index (χ1v) is 17.5. The molecule has 2 aromatic carbocycles. The van der Waals surface area contributed by atoms with E-state index < -0.39 is 6.17 Å². The summed E-state index contributed by atoms with van der Waals surface area (Å²) in [4.78, 5) is 35.8. The molecule has 49 heavy (non-hydrogen) atoms. The molecule has 0 spiro atoms. The summed E-state index contributed by atoms with van der Waals surface area (Å²) in [5, 5.41) is 6.61. The molecule has 0 aliphatic carbocycles. The predicted molar refractivity (Wildman–Crippen MR) is 186 cm³/mol. The zero-order chi connectivity index (χ0) is 33.7. The number of aryl methyl sites for hydroxylation is 1. The van der Waals surface area contributed by atoms with Crippen molar-refractivity contribution < 1.29 is 18.4 Å². The molecule has 11 nitrogen and oxygen atoms in total. The third-order valence-corrected chi connectivity index (χ3v) is 11.0. The fourth-order valence-corrected chi connectivity index (χ4v) is 8.48. The van der Waals surface area contributed by atoms with E-state index in [1.807, 2.05) is 24.1 Å². The molecule has 0 radical (unpaired) electrons. The zero-order valence-electron chi connectivity index (χ0n) is 27.8. The van der Waals surface area contributed by atoms with Gasteiger partial charge in [0.15, 0.2) is 5.82 Å². The van der Waals surface area contributed by atoms with E-state index in [1.165, 1.54) is 6.08 Å². The quantitative estimate of drug-likeness (QED) is 0.229. The van der Waals surface area contributed by atoms with E-state index in [0.717, 1.165) is 77.3 Å². The Hall–Kier alpha value is -4.29. The smallest absolute Gasteiger partial charge is 0.318 e. The predicted octanol–water partition coefficient (Wildman–Crippen LogP) is 5.24. The Balaban J connectivity index is 1.07. The molecule has 0 bridgehead atoms. The Bertz CT molecular complexity index is 1920. The fourth-order valence-electron chi connectivity index (χ4n) is 8.20. The van der Waals surface area contributed by atoms with Gasteiger partial charge in [0.2, 0.25) is 5.91 Å². The lowest BCUT2D eigenvalue weighted by atomic mass is 9.95. The number of fused-ring (bicyclic) bond motifs is 3. The van der Waals surface area contributed by atoms with E-state index in [1.54, 1.807) is 13.0 Å². The number of halogens is 2. The molecule has 256 valence electrons. The molecule has 4 aromatic rings. The van der Waals surface area contributed by atoms with Crippen LogP contribution in [0.5, 0.6) is 6.01 Å². The monoisotopic (exact) mass is 686 g/mol. The summed E-state index contributed by atoms with van der Waals surface area (Å²) in [6.07, 6.45) is 6.16. The lowest BCUT2D eigenvalue weighted by Gasteiger charge is -2.35. The molecule has 13 heteroatoms. The first kappa shape index (κ1) is 31.9. The van der Waals surface area contributed by atoms with Crippen LogP contribution >= 0.6 is 11.6 Å². The molecule has 3 fully saturated rings. The van der Waals surface area contributed by atoms with E-state index in [2.05, 4.69) is 49.1 Å². The van der Waals surface area contributed by atoms with Crippen LogP contribution in [0, 0.1) is 6.92 Å². The highest BCUT2D eigenvalue weighted by Crippen LogP contribution is 2.41. The number of nitrogens with zero attached hydrogens (tertiary/aromatic N) is 8. The molecule has 1 amide bonds. The molecule has 0 N–H and O–H groups in total. The largest absolute Gasteiger partial charge is 0.461 e. The minimum atomic E-state index is -0.838. The Kier molecular flexibility index (Phi) is 8.39. The van der Waals surface area contributed by atoms with Gasteiger partial charge < -0.3 is 24.0 Å². The van der Waals surface area contributed by atoms with Crippen LogP contribution in [-0.2, 0) is 17.8 Å². The summed E-state index contributed by atoms with van der Waals surface area (Å²) in [5.74, 6) is 1.54. The van der Waals surface area contributed by atoms with Crippen molar-refractivity contribution in [1.29, 1.82) is 0 Å². The average Bonchev–Trinajstić information content (AvgIpc) is 3.90. The zero-order valence-corrected chi connectivity index (χ0v) is 28.6. The van der Waals surface area contributed by atoms with Gasteiger partial charge in [0.05, 0.1) is 22.8 Å². The van der Waals surface area contributed by atoms with Crippen LogP contribution < -0.4 is 14.5 Å². The first-order chi connectivity index (χ1) is 23.8. The molecular formula is C36H40ClFN8O3. The number of carbonyl (C=O) groups excluding carboxylic acids is 1. The van der Waals surface area contributed by atoms with Crippen molar-refractivity contribution in [3.63, 3.8) is 0 Å². The normalized spacial score (nSPS) is 23.8. The van der Waals surface area contributed by atoms with Crippen molar-refractivity contribution in [2.24, 2.45) is 0 Å². The van der Waals surface area contributed by atoms with Gasteiger partial charge in [-0.15, -0.1) is 0 Å². The average molecular weight is 687 g/mol. The number of anilines is 2. The molecule has 4 aliphatic rings. The van der Waals surface area contributed by atoms with E-state index in [9.17, 15) is 9.18 Å². The molecule has 2 aromatic heterocycles. The molecule has 3 atom stereocenters. The van der Waals surface area contributed by atoms with Crippen molar-refractivity contribution >= 4 is 45.9 Å². The van der Waals surface area contributed by atoms with E-state index >= 15 is 0 Å². The number of amides is 1.